The quantitative estimate of drug-likeness (QED) is 0.504. The molecule has 152 valence electrons. The van der Waals surface area contributed by atoms with Gasteiger partial charge in [0.05, 0.1) is 5.69 Å². The van der Waals surface area contributed by atoms with Gasteiger partial charge in [0.2, 0.25) is 5.43 Å². The van der Waals surface area contributed by atoms with Crippen LogP contribution in [0.25, 0.3) is 16.7 Å². The molecule has 0 bridgehead atoms. The summed E-state index contributed by atoms with van der Waals surface area (Å²) in [5, 5.41) is 5.37. The van der Waals surface area contributed by atoms with E-state index >= 15 is 0 Å². The van der Waals surface area contributed by atoms with Crippen LogP contribution in [0.3, 0.4) is 0 Å². The van der Waals surface area contributed by atoms with Gasteiger partial charge in [-0.05, 0) is 25.1 Å². The Bertz CT molecular complexity index is 1270. The SMILES string of the molecule is CCc1oc2ccccc2c1CN(C)C(=O)c1nn(-c2ccccc2)c(C)cc1=O. The number of benzene rings is 2. The second-order valence-corrected chi connectivity index (χ2v) is 7.26. The van der Waals surface area contributed by atoms with E-state index in [-0.39, 0.29) is 11.1 Å². The average molecular weight is 401 g/mol. The zero-order valence-corrected chi connectivity index (χ0v) is 17.3. The van der Waals surface area contributed by atoms with Crippen molar-refractivity contribution < 1.29 is 9.21 Å². The second kappa shape index (κ2) is 7.99. The summed E-state index contributed by atoms with van der Waals surface area (Å²) < 4.78 is 7.55. The lowest BCUT2D eigenvalue weighted by atomic mass is 10.1. The first kappa shape index (κ1) is 19.6. The lowest BCUT2D eigenvalue weighted by molar-refractivity contribution is 0.0775. The zero-order valence-electron chi connectivity index (χ0n) is 17.3. The van der Waals surface area contributed by atoms with Crippen LogP contribution in [-0.4, -0.2) is 27.6 Å². The minimum Gasteiger partial charge on any atom is -0.461 e. The summed E-state index contributed by atoms with van der Waals surface area (Å²) in [6.45, 7) is 4.15. The molecule has 0 saturated carbocycles. The van der Waals surface area contributed by atoms with E-state index in [2.05, 4.69) is 5.10 Å². The fourth-order valence-electron chi connectivity index (χ4n) is 3.62. The fourth-order valence-corrected chi connectivity index (χ4v) is 3.62. The summed E-state index contributed by atoms with van der Waals surface area (Å²) in [7, 11) is 1.68. The number of aryl methyl sites for hydroxylation is 2. The molecule has 0 atom stereocenters. The van der Waals surface area contributed by atoms with Gasteiger partial charge in [-0.1, -0.05) is 43.3 Å². The van der Waals surface area contributed by atoms with Gasteiger partial charge in [-0.3, -0.25) is 9.59 Å². The van der Waals surface area contributed by atoms with Crippen LogP contribution in [0.2, 0.25) is 0 Å². The van der Waals surface area contributed by atoms with Crippen LogP contribution in [0.1, 0.15) is 34.4 Å². The lowest BCUT2D eigenvalue weighted by Gasteiger charge is -2.18. The standard InChI is InChI=1S/C24H23N3O3/c1-4-21-19(18-12-8-9-13-22(18)30-21)15-26(3)24(29)23-20(28)14-16(2)27(25-23)17-10-6-5-7-11-17/h5-14H,4,15H2,1-3H3. The van der Waals surface area contributed by atoms with Gasteiger partial charge in [0, 0.05) is 42.7 Å². The minimum atomic E-state index is -0.419. The Morgan fingerprint density at radius 2 is 1.80 bits per heavy atom. The number of nitrogens with zero attached hydrogens (tertiary/aromatic N) is 3. The number of hydrogen-bond donors (Lipinski definition) is 0. The van der Waals surface area contributed by atoms with Crippen molar-refractivity contribution in [3.63, 3.8) is 0 Å². The first-order valence-electron chi connectivity index (χ1n) is 9.90. The number of rotatable bonds is 5. The van der Waals surface area contributed by atoms with Crippen molar-refractivity contribution in [1.29, 1.82) is 0 Å². The third-order valence-corrected chi connectivity index (χ3v) is 5.16. The second-order valence-electron chi connectivity index (χ2n) is 7.26. The molecular formula is C24H23N3O3. The molecule has 0 radical (unpaired) electrons. The van der Waals surface area contributed by atoms with E-state index in [4.69, 9.17) is 4.42 Å². The summed E-state index contributed by atoms with van der Waals surface area (Å²) in [4.78, 5) is 27.2. The van der Waals surface area contributed by atoms with Crippen molar-refractivity contribution in [3.05, 3.63) is 93.6 Å². The summed E-state index contributed by atoms with van der Waals surface area (Å²) in [6, 6.07) is 18.7. The molecule has 2 aromatic heterocycles. The van der Waals surface area contributed by atoms with Crippen LogP contribution in [0, 0.1) is 6.92 Å². The van der Waals surface area contributed by atoms with Crippen molar-refractivity contribution in [2.24, 2.45) is 0 Å². The van der Waals surface area contributed by atoms with Gasteiger partial charge in [-0.25, -0.2) is 4.68 Å². The van der Waals surface area contributed by atoms with Crippen LogP contribution in [-0.2, 0) is 13.0 Å². The highest BCUT2D eigenvalue weighted by atomic mass is 16.3. The van der Waals surface area contributed by atoms with E-state index in [0.29, 0.717) is 12.2 Å². The molecule has 0 unspecified atom stereocenters. The molecule has 6 heteroatoms. The maximum atomic E-state index is 13.1. The van der Waals surface area contributed by atoms with Crippen molar-refractivity contribution in [2.45, 2.75) is 26.8 Å². The number of hydrogen-bond acceptors (Lipinski definition) is 4. The molecule has 0 N–H and O–H groups in total. The molecule has 0 fully saturated rings. The fraction of sp³-hybridized carbons (Fsp3) is 0.208. The number of carbonyl (C=O) groups excluding carboxylic acids is 1. The normalized spacial score (nSPS) is 11.0. The molecule has 0 saturated heterocycles. The predicted octanol–water partition coefficient (Wildman–Crippen LogP) is 4.12. The highest BCUT2D eigenvalue weighted by Gasteiger charge is 2.22. The minimum absolute atomic E-state index is 0.0993. The van der Waals surface area contributed by atoms with Gasteiger partial charge < -0.3 is 9.32 Å². The average Bonchev–Trinajstić information content (AvgIpc) is 3.11. The van der Waals surface area contributed by atoms with Crippen LogP contribution >= 0.6 is 0 Å². The van der Waals surface area contributed by atoms with E-state index < -0.39 is 5.91 Å². The number of para-hydroxylation sites is 2. The summed E-state index contributed by atoms with van der Waals surface area (Å²) in [5.74, 6) is 0.423. The Kier molecular flexibility index (Phi) is 5.23. The largest absolute Gasteiger partial charge is 0.461 e. The van der Waals surface area contributed by atoms with Crippen molar-refractivity contribution in [2.75, 3.05) is 7.05 Å². The van der Waals surface area contributed by atoms with E-state index in [9.17, 15) is 9.59 Å². The molecule has 4 rings (SSSR count). The molecule has 0 spiro atoms. The van der Waals surface area contributed by atoms with Gasteiger partial charge in [0.25, 0.3) is 5.91 Å². The molecule has 4 aromatic rings. The maximum Gasteiger partial charge on any atom is 0.278 e. The van der Waals surface area contributed by atoms with Crippen molar-refractivity contribution >= 4 is 16.9 Å². The molecule has 2 heterocycles. The monoisotopic (exact) mass is 401 g/mol. The Morgan fingerprint density at radius 1 is 1.10 bits per heavy atom. The van der Waals surface area contributed by atoms with Crippen LogP contribution < -0.4 is 5.43 Å². The smallest absolute Gasteiger partial charge is 0.278 e. The van der Waals surface area contributed by atoms with Gasteiger partial charge in [0.1, 0.15) is 11.3 Å². The number of furan rings is 1. The number of aromatic nitrogens is 2. The highest BCUT2D eigenvalue weighted by Crippen LogP contribution is 2.27. The molecular weight excluding hydrogens is 378 g/mol. The first-order chi connectivity index (χ1) is 14.5. The van der Waals surface area contributed by atoms with Gasteiger partial charge in [-0.15, -0.1) is 0 Å². The topological polar surface area (TPSA) is 68.3 Å². The highest BCUT2D eigenvalue weighted by molar-refractivity contribution is 5.92. The van der Waals surface area contributed by atoms with E-state index in [1.54, 1.807) is 18.7 Å². The number of fused-ring (bicyclic) bond motifs is 1. The van der Waals surface area contributed by atoms with Crippen molar-refractivity contribution in [1.82, 2.24) is 14.7 Å². The maximum absolute atomic E-state index is 13.1. The van der Waals surface area contributed by atoms with E-state index in [0.717, 1.165) is 34.4 Å². The first-order valence-corrected chi connectivity index (χ1v) is 9.90. The van der Waals surface area contributed by atoms with Gasteiger partial charge in [0.15, 0.2) is 5.69 Å². The third-order valence-electron chi connectivity index (χ3n) is 5.16. The van der Waals surface area contributed by atoms with Crippen LogP contribution in [0.5, 0.6) is 0 Å². The Balaban J connectivity index is 1.69. The molecule has 30 heavy (non-hydrogen) atoms. The Morgan fingerprint density at radius 3 is 2.53 bits per heavy atom. The molecule has 6 nitrogen and oxygen atoms in total. The Labute approximate surface area is 174 Å². The predicted molar refractivity (Wildman–Crippen MR) is 116 cm³/mol. The summed E-state index contributed by atoms with van der Waals surface area (Å²) >= 11 is 0. The van der Waals surface area contributed by atoms with E-state index in [1.807, 2.05) is 61.5 Å². The van der Waals surface area contributed by atoms with E-state index in [1.165, 1.54) is 11.0 Å². The molecule has 0 aliphatic rings. The van der Waals surface area contributed by atoms with Crippen LogP contribution in [0.4, 0.5) is 0 Å². The summed E-state index contributed by atoms with van der Waals surface area (Å²) in [6.07, 6.45) is 0.718. The zero-order chi connectivity index (χ0) is 21.3. The third kappa shape index (κ3) is 3.52. The summed E-state index contributed by atoms with van der Waals surface area (Å²) in [5.41, 5.74) is 2.73. The molecule has 2 aromatic carbocycles. The molecule has 0 aliphatic heterocycles. The Hall–Kier alpha value is -3.67. The van der Waals surface area contributed by atoms with Gasteiger partial charge in [-0.2, -0.15) is 5.10 Å². The van der Waals surface area contributed by atoms with Gasteiger partial charge >= 0.3 is 0 Å². The number of amides is 1. The number of carbonyl (C=O) groups is 1. The lowest BCUT2D eigenvalue weighted by Crippen LogP contribution is -2.33. The van der Waals surface area contributed by atoms with Crippen molar-refractivity contribution in [3.8, 4) is 5.69 Å². The van der Waals surface area contributed by atoms with Crippen LogP contribution in [0.15, 0.2) is 69.9 Å². The molecule has 0 aliphatic carbocycles. The molecule has 1 amide bonds.